The second-order valence-corrected chi connectivity index (χ2v) is 13.7. The molecule has 5 heterocycles. The molecule has 0 radical (unpaired) electrons. The lowest BCUT2D eigenvalue weighted by atomic mass is 10.1. The molecule has 2 aromatic rings. The molecule has 14 nitrogen and oxygen atoms in total. The maximum atomic E-state index is 13.1. The number of fused-ring (bicyclic) bond motifs is 3. The monoisotopic (exact) mass is 654 g/mol. The Morgan fingerprint density at radius 2 is 1.80 bits per heavy atom. The van der Waals surface area contributed by atoms with Crippen molar-refractivity contribution in [3.63, 3.8) is 0 Å². The Kier molecular flexibility index (Phi) is 10.4. The number of piperazine rings is 1. The van der Waals surface area contributed by atoms with Crippen LogP contribution in [0.3, 0.4) is 0 Å². The van der Waals surface area contributed by atoms with Gasteiger partial charge < -0.3 is 19.1 Å². The van der Waals surface area contributed by atoms with E-state index in [2.05, 4.69) is 20.1 Å². The van der Waals surface area contributed by atoms with Crippen molar-refractivity contribution in [2.24, 2.45) is 9.98 Å². The van der Waals surface area contributed by atoms with Crippen molar-refractivity contribution in [1.29, 1.82) is 0 Å². The van der Waals surface area contributed by atoms with E-state index in [0.717, 1.165) is 57.9 Å². The zero-order valence-corrected chi connectivity index (χ0v) is 27.1. The van der Waals surface area contributed by atoms with Crippen molar-refractivity contribution < 1.29 is 27.4 Å². The summed E-state index contributed by atoms with van der Waals surface area (Å²) in [6.45, 7) is 8.36. The maximum absolute atomic E-state index is 13.1. The molecule has 0 bridgehead atoms. The minimum absolute atomic E-state index is 0.0162. The second kappa shape index (κ2) is 14.9. The molecule has 1 aromatic heterocycles. The van der Waals surface area contributed by atoms with Crippen molar-refractivity contribution in [3.05, 3.63) is 47.8 Å². The number of sulfonamides is 1. The van der Waals surface area contributed by atoms with Gasteiger partial charge in [0.25, 0.3) is 5.91 Å². The quantitative estimate of drug-likeness (QED) is 0.330. The number of amides is 1. The van der Waals surface area contributed by atoms with Gasteiger partial charge in [0.2, 0.25) is 16.0 Å². The summed E-state index contributed by atoms with van der Waals surface area (Å²) in [5.74, 6) is 1.59. The number of aliphatic imine (C=N–C) groups is 2. The van der Waals surface area contributed by atoms with E-state index in [0.29, 0.717) is 73.8 Å². The van der Waals surface area contributed by atoms with Crippen LogP contribution < -0.4 is 14.8 Å². The number of carbonyl (C=O) groups excluding carboxylic acids is 1. The van der Waals surface area contributed by atoms with Gasteiger partial charge in [0.15, 0.2) is 11.5 Å². The first-order valence-electron chi connectivity index (χ1n) is 15.9. The Labute approximate surface area is 270 Å². The summed E-state index contributed by atoms with van der Waals surface area (Å²) >= 11 is 0. The van der Waals surface area contributed by atoms with Gasteiger partial charge in [-0.3, -0.25) is 29.9 Å². The van der Waals surface area contributed by atoms with Crippen LogP contribution in [0.15, 0.2) is 46.6 Å². The number of nitrogens with zero attached hydrogens (tertiary/aromatic N) is 7. The highest BCUT2D eigenvalue weighted by Crippen LogP contribution is 2.43. The van der Waals surface area contributed by atoms with Crippen LogP contribution in [0.2, 0.25) is 0 Å². The van der Waals surface area contributed by atoms with Crippen LogP contribution in [-0.2, 0) is 14.8 Å². The Balaban J connectivity index is 1.21. The highest BCUT2D eigenvalue weighted by molar-refractivity contribution is 7.89. The molecule has 1 N–H and O–H groups in total. The third-order valence-electron chi connectivity index (χ3n) is 8.43. The zero-order chi connectivity index (χ0) is 31.9. The van der Waals surface area contributed by atoms with Crippen LogP contribution >= 0.6 is 0 Å². The van der Waals surface area contributed by atoms with Gasteiger partial charge in [-0.15, -0.1) is 0 Å². The van der Waals surface area contributed by atoms with Crippen LogP contribution in [0.5, 0.6) is 11.5 Å². The lowest BCUT2D eigenvalue weighted by molar-refractivity contribution is 0.0357. The summed E-state index contributed by atoms with van der Waals surface area (Å²) in [5.41, 5.74) is 1.66. The first-order valence-corrected chi connectivity index (χ1v) is 17.5. The van der Waals surface area contributed by atoms with E-state index >= 15 is 0 Å². The van der Waals surface area contributed by atoms with Gasteiger partial charge in [-0.2, -0.15) is 4.31 Å². The van der Waals surface area contributed by atoms with Gasteiger partial charge in [0.1, 0.15) is 11.5 Å². The first kappa shape index (κ1) is 32.3. The largest absolute Gasteiger partial charge is 0.490 e. The molecular weight excluding hydrogens is 612 g/mol. The lowest BCUT2D eigenvalue weighted by Crippen LogP contribution is -2.47. The number of hydrogen-bond donors (Lipinski definition) is 1. The predicted molar refractivity (Wildman–Crippen MR) is 174 cm³/mol. The van der Waals surface area contributed by atoms with E-state index in [9.17, 15) is 13.2 Å². The summed E-state index contributed by atoms with van der Waals surface area (Å²) in [7, 11) is -1.41. The molecule has 15 heteroatoms. The van der Waals surface area contributed by atoms with Crippen LogP contribution in [0, 0.1) is 0 Å². The fraction of sp³-hybridized carbons (Fsp3) is 0.548. The minimum Gasteiger partial charge on any atom is -0.490 e. The van der Waals surface area contributed by atoms with Crippen LogP contribution in [0.1, 0.15) is 28.8 Å². The van der Waals surface area contributed by atoms with Gasteiger partial charge in [-0.05, 0) is 44.2 Å². The maximum Gasteiger partial charge on any atom is 0.259 e. The number of carbonyl (C=O) groups is 1. The average Bonchev–Trinajstić information content (AvgIpc) is 3.57. The highest BCUT2D eigenvalue weighted by Gasteiger charge is 2.34. The van der Waals surface area contributed by atoms with Crippen molar-refractivity contribution in [1.82, 2.24) is 29.3 Å². The second-order valence-electron chi connectivity index (χ2n) is 11.7. The standard InChI is InChI=1S/C31H42N8O6S/c1-36-12-14-38(15-13-36)46(41,42)22-4-19-45-28-26(44-18-3-10-37-16-20-43-21-17-37)7-6-25-27(28)34-31(39-11-9-33-29(25)39)35-30(40)24-5-2-8-32-23-24/h2,5-8,23H,3-4,9-22H2,1H3,(H,34,35,40). The first-order chi connectivity index (χ1) is 22.4. The molecule has 0 spiro atoms. The number of nitrogens with one attached hydrogen (secondary N) is 1. The average molecular weight is 655 g/mol. The number of aromatic nitrogens is 1. The summed E-state index contributed by atoms with van der Waals surface area (Å²) in [6.07, 6.45) is 4.23. The molecule has 0 saturated carbocycles. The SMILES string of the molecule is CN1CCN(S(=O)(=O)CCCOc2c(OCCCN3CCOCC3)ccc3c2N=C(NC(=O)c2cccnc2)N2CCN=C32)CC1. The molecule has 1 amide bonds. The number of morpholine rings is 1. The highest BCUT2D eigenvalue weighted by atomic mass is 32.2. The number of rotatable bonds is 12. The van der Waals surface area contributed by atoms with Crippen LogP contribution in [0.25, 0.3) is 0 Å². The van der Waals surface area contributed by atoms with Crippen LogP contribution in [-0.4, -0.2) is 148 Å². The van der Waals surface area contributed by atoms with Crippen molar-refractivity contribution in [2.45, 2.75) is 12.8 Å². The van der Waals surface area contributed by atoms with Crippen molar-refractivity contribution in [2.75, 3.05) is 98.1 Å². The number of hydrogen-bond acceptors (Lipinski definition) is 12. The zero-order valence-electron chi connectivity index (χ0n) is 26.3. The van der Waals surface area contributed by atoms with Crippen molar-refractivity contribution in [3.8, 4) is 11.5 Å². The van der Waals surface area contributed by atoms with E-state index in [1.165, 1.54) is 6.20 Å². The number of guanidine groups is 1. The number of benzene rings is 1. The number of amidine groups is 1. The van der Waals surface area contributed by atoms with Gasteiger partial charge >= 0.3 is 0 Å². The summed E-state index contributed by atoms with van der Waals surface area (Å²) in [6, 6.07) is 7.16. The van der Waals surface area contributed by atoms with Crippen LogP contribution in [0.4, 0.5) is 5.69 Å². The molecule has 4 aliphatic rings. The molecule has 2 fully saturated rings. The van der Waals surface area contributed by atoms with E-state index in [1.54, 1.807) is 22.6 Å². The van der Waals surface area contributed by atoms with Crippen molar-refractivity contribution >= 4 is 33.4 Å². The molecule has 1 aromatic carbocycles. The van der Waals surface area contributed by atoms with Gasteiger partial charge in [0, 0.05) is 70.3 Å². The van der Waals surface area contributed by atoms with E-state index in [1.807, 2.05) is 24.1 Å². The molecule has 2 saturated heterocycles. The Bertz CT molecular complexity index is 1540. The number of ether oxygens (including phenoxy) is 3. The number of likely N-dealkylation sites (N-methyl/N-ethyl adjacent to an activating group) is 1. The third-order valence-corrected chi connectivity index (χ3v) is 10.4. The normalized spacial score (nSPS) is 19.2. The lowest BCUT2D eigenvalue weighted by Gasteiger charge is -2.31. The van der Waals surface area contributed by atoms with E-state index in [4.69, 9.17) is 24.2 Å². The Morgan fingerprint density at radius 1 is 1.00 bits per heavy atom. The fourth-order valence-electron chi connectivity index (χ4n) is 5.82. The van der Waals surface area contributed by atoms with Gasteiger partial charge in [0.05, 0.1) is 44.3 Å². The third kappa shape index (κ3) is 7.66. The van der Waals surface area contributed by atoms with Gasteiger partial charge in [-0.25, -0.2) is 13.4 Å². The molecule has 248 valence electrons. The number of pyridine rings is 1. The molecule has 6 rings (SSSR count). The summed E-state index contributed by atoms with van der Waals surface area (Å²) < 4.78 is 45.6. The topological polar surface area (TPSA) is 142 Å². The fourth-order valence-corrected chi connectivity index (χ4v) is 7.28. The Hall–Kier alpha value is -3.63. The molecule has 0 atom stereocenters. The Morgan fingerprint density at radius 3 is 2.59 bits per heavy atom. The summed E-state index contributed by atoms with van der Waals surface area (Å²) in [5, 5.41) is 2.93. The molecule has 46 heavy (non-hydrogen) atoms. The molecular formula is C31H42N8O6S. The minimum atomic E-state index is -3.40. The summed E-state index contributed by atoms with van der Waals surface area (Å²) in [4.78, 5) is 33.1. The molecule has 4 aliphatic heterocycles. The molecule has 0 unspecified atom stereocenters. The van der Waals surface area contributed by atoms with E-state index < -0.39 is 10.0 Å². The van der Waals surface area contributed by atoms with E-state index in [-0.39, 0.29) is 18.3 Å². The predicted octanol–water partition coefficient (Wildman–Crippen LogP) is 1.02. The smallest absolute Gasteiger partial charge is 0.259 e. The molecule has 0 aliphatic carbocycles. The van der Waals surface area contributed by atoms with Gasteiger partial charge in [-0.1, -0.05) is 0 Å².